The van der Waals surface area contributed by atoms with Crippen LogP contribution in [0, 0.1) is 0 Å². The Morgan fingerprint density at radius 1 is 0.919 bits per heavy atom. The normalized spacial score (nSPS) is 16.1. The highest BCUT2D eigenvalue weighted by atomic mass is 16.1. The highest BCUT2D eigenvalue weighted by Gasteiger charge is 2.25. The Balaban J connectivity index is 0.997. The number of nitrogens with one attached hydrogen (secondary N) is 2. The molecule has 0 bridgehead atoms. The molecule has 0 radical (unpaired) electrons. The molecule has 37 heavy (non-hydrogen) atoms. The van der Waals surface area contributed by atoms with Crippen LogP contribution in [0.1, 0.15) is 45.9 Å². The van der Waals surface area contributed by atoms with Gasteiger partial charge in [0.05, 0.1) is 0 Å². The fraction of sp³-hybridized carbons (Fsp3) is 0.310. The topological polar surface area (TPSA) is 90.0 Å². The predicted octanol–water partition coefficient (Wildman–Crippen LogP) is 4.57. The van der Waals surface area contributed by atoms with Gasteiger partial charge in [-0.2, -0.15) is 10.1 Å². The van der Waals surface area contributed by atoms with Gasteiger partial charge in [-0.3, -0.25) is 14.8 Å². The molecule has 0 amide bonds. The molecule has 0 unspecified atom stereocenters. The Kier molecular flexibility index (Phi) is 6.64. The maximum Gasteiger partial charge on any atom is 0.227 e. The molecule has 1 aliphatic heterocycles. The first kappa shape index (κ1) is 23.4. The molecule has 6 rings (SSSR count). The smallest absolute Gasteiger partial charge is 0.227 e. The van der Waals surface area contributed by atoms with Crippen molar-refractivity contribution in [1.29, 1.82) is 0 Å². The Bertz CT molecular complexity index is 1340. The van der Waals surface area contributed by atoms with Crippen LogP contribution in [0.2, 0.25) is 0 Å². The molecule has 1 saturated heterocycles. The first-order chi connectivity index (χ1) is 18.2. The lowest BCUT2D eigenvalue weighted by Crippen LogP contribution is -2.46. The number of hydrogen-bond donors (Lipinski definition) is 2. The van der Waals surface area contributed by atoms with Gasteiger partial charge in [0, 0.05) is 68.6 Å². The van der Waals surface area contributed by atoms with Gasteiger partial charge in [-0.25, -0.2) is 4.98 Å². The zero-order valence-electron chi connectivity index (χ0n) is 20.8. The number of piperazine rings is 1. The van der Waals surface area contributed by atoms with E-state index >= 15 is 0 Å². The molecule has 2 aromatic carbocycles. The Morgan fingerprint density at radius 2 is 1.68 bits per heavy atom. The number of anilines is 3. The fourth-order valence-corrected chi connectivity index (χ4v) is 4.74. The highest BCUT2D eigenvalue weighted by molar-refractivity contribution is 5.97. The minimum atomic E-state index is 0.151. The van der Waals surface area contributed by atoms with Crippen molar-refractivity contribution in [2.24, 2.45) is 0 Å². The standard InChI is InChI=1S/C29H31N7O/c37-26(24-4-2-1-3-5-24)18-21-6-8-22(9-7-21)20-35-14-16-36(17-15-35)29-30-13-12-27(32-29)31-28-19-25(33-34-28)23-10-11-23/h1-9,12-13,19,23H,10-11,14-18,20H2,(H2,30,31,32,33,34). The Morgan fingerprint density at radius 3 is 2.43 bits per heavy atom. The summed E-state index contributed by atoms with van der Waals surface area (Å²) in [4.78, 5) is 26.4. The number of carbonyl (C=O) groups excluding carboxylic acids is 1. The summed E-state index contributed by atoms with van der Waals surface area (Å²) in [5.74, 6) is 3.09. The average Bonchev–Trinajstić information content (AvgIpc) is 3.69. The SMILES string of the molecule is O=C(Cc1ccc(CN2CCN(c3nccc(Nc4cc(C5CC5)[nH]n4)n3)CC2)cc1)c1ccccc1. The number of carbonyl (C=O) groups is 1. The summed E-state index contributed by atoms with van der Waals surface area (Å²) in [6, 6.07) is 21.9. The molecular formula is C29H31N7O. The van der Waals surface area contributed by atoms with Crippen molar-refractivity contribution >= 4 is 23.4 Å². The second-order valence-corrected chi connectivity index (χ2v) is 9.90. The van der Waals surface area contributed by atoms with Crippen LogP contribution in [0.5, 0.6) is 0 Å². The van der Waals surface area contributed by atoms with Crippen LogP contribution in [0.25, 0.3) is 0 Å². The number of hydrogen-bond acceptors (Lipinski definition) is 7. The summed E-state index contributed by atoms with van der Waals surface area (Å²) in [6.07, 6.45) is 4.72. The monoisotopic (exact) mass is 493 g/mol. The highest BCUT2D eigenvalue weighted by Crippen LogP contribution is 2.39. The predicted molar refractivity (Wildman–Crippen MR) is 144 cm³/mol. The Hall–Kier alpha value is -4.04. The summed E-state index contributed by atoms with van der Waals surface area (Å²) in [6.45, 7) is 4.53. The van der Waals surface area contributed by atoms with Gasteiger partial charge in [-0.15, -0.1) is 0 Å². The second-order valence-electron chi connectivity index (χ2n) is 9.90. The zero-order chi connectivity index (χ0) is 25.0. The van der Waals surface area contributed by atoms with Crippen LogP contribution in [-0.2, 0) is 13.0 Å². The van der Waals surface area contributed by atoms with E-state index in [0.29, 0.717) is 12.3 Å². The number of Topliss-reactive ketones (excluding diaryl/α,β-unsaturated/α-hetero) is 1. The van der Waals surface area contributed by atoms with Crippen LogP contribution >= 0.6 is 0 Å². The lowest BCUT2D eigenvalue weighted by atomic mass is 10.0. The molecule has 1 saturated carbocycles. The third-order valence-electron chi connectivity index (χ3n) is 7.06. The second kappa shape index (κ2) is 10.5. The first-order valence-electron chi connectivity index (χ1n) is 13.0. The largest absolute Gasteiger partial charge is 0.338 e. The Labute approximate surface area is 216 Å². The molecule has 2 aromatic heterocycles. The lowest BCUT2D eigenvalue weighted by molar-refractivity contribution is 0.0993. The van der Waals surface area contributed by atoms with Gasteiger partial charge in [0.2, 0.25) is 5.95 Å². The third-order valence-corrected chi connectivity index (χ3v) is 7.06. The molecule has 0 atom stereocenters. The first-order valence-corrected chi connectivity index (χ1v) is 13.0. The van der Waals surface area contributed by atoms with E-state index < -0.39 is 0 Å². The van der Waals surface area contributed by atoms with Crippen molar-refractivity contribution in [3.8, 4) is 0 Å². The molecular weight excluding hydrogens is 462 g/mol. The molecule has 3 heterocycles. The van der Waals surface area contributed by atoms with Crippen molar-refractivity contribution in [3.63, 3.8) is 0 Å². The van der Waals surface area contributed by atoms with Crippen LogP contribution in [0.3, 0.4) is 0 Å². The van der Waals surface area contributed by atoms with Crippen LogP contribution in [-0.4, -0.2) is 57.0 Å². The van der Waals surface area contributed by atoms with E-state index in [1.807, 2.05) is 36.4 Å². The maximum atomic E-state index is 12.5. The van der Waals surface area contributed by atoms with Gasteiger partial charge in [-0.05, 0) is 30.0 Å². The molecule has 188 valence electrons. The van der Waals surface area contributed by atoms with Crippen molar-refractivity contribution in [3.05, 3.63) is 95.3 Å². The number of H-pyrrole nitrogens is 1. The summed E-state index contributed by atoms with van der Waals surface area (Å²) in [5.41, 5.74) is 4.27. The number of nitrogens with zero attached hydrogens (tertiary/aromatic N) is 5. The third kappa shape index (κ3) is 5.86. The molecule has 1 aliphatic carbocycles. The summed E-state index contributed by atoms with van der Waals surface area (Å²) < 4.78 is 0. The zero-order valence-corrected chi connectivity index (χ0v) is 20.8. The van der Waals surface area contributed by atoms with Crippen LogP contribution in [0.4, 0.5) is 17.6 Å². The van der Waals surface area contributed by atoms with Crippen molar-refractivity contribution in [1.82, 2.24) is 25.1 Å². The van der Waals surface area contributed by atoms with Gasteiger partial charge in [0.15, 0.2) is 11.6 Å². The molecule has 0 spiro atoms. The van der Waals surface area contributed by atoms with Gasteiger partial charge in [-0.1, -0.05) is 54.6 Å². The van der Waals surface area contributed by atoms with Gasteiger partial charge < -0.3 is 10.2 Å². The van der Waals surface area contributed by atoms with Gasteiger partial charge in [0.1, 0.15) is 5.82 Å². The molecule has 2 fully saturated rings. The van der Waals surface area contributed by atoms with Crippen molar-refractivity contribution in [2.45, 2.75) is 31.7 Å². The minimum absolute atomic E-state index is 0.151. The number of aromatic amines is 1. The quantitative estimate of drug-likeness (QED) is 0.330. The lowest BCUT2D eigenvalue weighted by Gasteiger charge is -2.34. The number of benzene rings is 2. The summed E-state index contributed by atoms with van der Waals surface area (Å²) in [5, 5.41) is 10.8. The van der Waals surface area contributed by atoms with Gasteiger partial charge >= 0.3 is 0 Å². The van der Waals surface area contributed by atoms with E-state index in [1.54, 1.807) is 6.20 Å². The molecule has 4 aromatic rings. The molecule has 2 aliphatic rings. The molecule has 2 N–H and O–H groups in total. The van der Waals surface area contributed by atoms with E-state index in [2.05, 4.69) is 60.6 Å². The fourth-order valence-electron chi connectivity index (χ4n) is 4.74. The maximum absolute atomic E-state index is 12.5. The summed E-state index contributed by atoms with van der Waals surface area (Å²) in [7, 11) is 0. The molecule has 8 heteroatoms. The number of aromatic nitrogens is 4. The van der Waals surface area contributed by atoms with Gasteiger partial charge in [0.25, 0.3) is 0 Å². The van der Waals surface area contributed by atoms with Crippen LogP contribution < -0.4 is 10.2 Å². The molecule has 8 nitrogen and oxygen atoms in total. The van der Waals surface area contributed by atoms with E-state index in [-0.39, 0.29) is 5.78 Å². The summed E-state index contributed by atoms with van der Waals surface area (Å²) >= 11 is 0. The minimum Gasteiger partial charge on any atom is -0.338 e. The van der Waals surface area contributed by atoms with E-state index in [1.165, 1.54) is 24.1 Å². The van der Waals surface area contributed by atoms with E-state index in [9.17, 15) is 4.79 Å². The van der Waals surface area contributed by atoms with E-state index in [0.717, 1.165) is 61.4 Å². The average molecular weight is 494 g/mol. The number of ketones is 1. The number of rotatable bonds is 9. The van der Waals surface area contributed by atoms with E-state index in [4.69, 9.17) is 4.98 Å². The van der Waals surface area contributed by atoms with Crippen molar-refractivity contribution in [2.75, 3.05) is 36.4 Å². The van der Waals surface area contributed by atoms with Crippen molar-refractivity contribution < 1.29 is 4.79 Å². The van der Waals surface area contributed by atoms with Crippen LogP contribution in [0.15, 0.2) is 72.9 Å².